The van der Waals surface area contributed by atoms with Gasteiger partial charge in [-0.3, -0.25) is 5.10 Å². The molecule has 4 rings (SSSR count). The van der Waals surface area contributed by atoms with Crippen molar-refractivity contribution in [1.82, 2.24) is 20.2 Å². The van der Waals surface area contributed by atoms with Gasteiger partial charge in [0.2, 0.25) is 0 Å². The lowest BCUT2D eigenvalue weighted by atomic mass is 10.0. The van der Waals surface area contributed by atoms with Gasteiger partial charge in [0.05, 0.1) is 27.3 Å². The van der Waals surface area contributed by atoms with Crippen LogP contribution in [-0.2, 0) is 0 Å². The smallest absolute Gasteiger partial charge is 0.183 e. The Morgan fingerprint density at radius 1 is 1.28 bits per heavy atom. The molecular formula is C17H11ClN6S. The first-order chi connectivity index (χ1) is 12.1. The number of thiophene rings is 1. The highest BCUT2D eigenvalue weighted by atomic mass is 35.5. The molecule has 0 bridgehead atoms. The fraction of sp³-hybridized carbons (Fsp3) is 0.0588. The van der Waals surface area contributed by atoms with Gasteiger partial charge in [-0.25, -0.2) is 9.97 Å². The van der Waals surface area contributed by atoms with E-state index in [1.54, 1.807) is 23.6 Å². The highest BCUT2D eigenvalue weighted by Gasteiger charge is 2.19. The van der Waals surface area contributed by atoms with E-state index in [0.717, 1.165) is 26.9 Å². The largest absolute Gasteiger partial charge is 0.381 e. The normalized spacial score (nSPS) is 10.9. The number of nitrogens with zero attached hydrogens (tertiary/aromatic N) is 4. The highest BCUT2D eigenvalue weighted by Crippen LogP contribution is 2.37. The van der Waals surface area contributed by atoms with E-state index < -0.39 is 0 Å². The molecule has 0 spiro atoms. The first-order valence-corrected chi connectivity index (χ1v) is 8.59. The number of nitrogen functional groups attached to an aromatic ring is 1. The van der Waals surface area contributed by atoms with Crippen LogP contribution in [0.1, 0.15) is 11.3 Å². The number of fused-ring (bicyclic) bond motifs is 1. The van der Waals surface area contributed by atoms with Gasteiger partial charge in [-0.15, -0.1) is 11.3 Å². The monoisotopic (exact) mass is 366 g/mol. The average molecular weight is 367 g/mol. The lowest BCUT2D eigenvalue weighted by Crippen LogP contribution is -2.03. The predicted octanol–water partition coefficient (Wildman–Crippen LogP) is 4.16. The molecule has 1 aromatic carbocycles. The molecule has 0 amide bonds. The first-order valence-electron chi connectivity index (χ1n) is 7.33. The maximum Gasteiger partial charge on any atom is 0.183 e. The van der Waals surface area contributed by atoms with Gasteiger partial charge < -0.3 is 5.73 Å². The number of anilines is 1. The molecule has 3 N–H and O–H groups in total. The number of nitrogens with two attached hydrogens (primary N) is 1. The second kappa shape index (κ2) is 5.84. The molecule has 0 fully saturated rings. The zero-order chi connectivity index (χ0) is 17.6. The molecule has 4 aromatic rings. The Morgan fingerprint density at radius 3 is 2.84 bits per heavy atom. The van der Waals surface area contributed by atoms with Crippen molar-refractivity contribution in [2.45, 2.75) is 6.92 Å². The summed E-state index contributed by atoms with van der Waals surface area (Å²) in [6, 6.07) is 7.70. The Labute approximate surface area is 151 Å². The van der Waals surface area contributed by atoms with Gasteiger partial charge in [0.15, 0.2) is 11.5 Å². The van der Waals surface area contributed by atoms with Crippen molar-refractivity contribution >= 4 is 39.7 Å². The third-order valence-electron chi connectivity index (χ3n) is 3.88. The molecule has 0 aliphatic heterocycles. The number of H-pyrrole nitrogens is 1. The molecule has 0 aliphatic rings. The number of aromatic amines is 1. The number of aromatic nitrogens is 4. The van der Waals surface area contributed by atoms with Crippen LogP contribution >= 0.6 is 22.9 Å². The van der Waals surface area contributed by atoms with Crippen LogP contribution in [0, 0.1) is 18.3 Å². The Bertz CT molecular complexity index is 1150. The van der Waals surface area contributed by atoms with Gasteiger partial charge in [0.1, 0.15) is 11.8 Å². The van der Waals surface area contributed by atoms with E-state index in [9.17, 15) is 5.26 Å². The molecule has 0 saturated heterocycles. The van der Waals surface area contributed by atoms with Gasteiger partial charge in [-0.05, 0) is 36.1 Å². The van der Waals surface area contributed by atoms with Crippen molar-refractivity contribution in [3.8, 4) is 27.9 Å². The van der Waals surface area contributed by atoms with Crippen molar-refractivity contribution in [3.63, 3.8) is 0 Å². The van der Waals surface area contributed by atoms with E-state index in [-0.39, 0.29) is 11.5 Å². The number of aryl methyl sites for hydroxylation is 1. The van der Waals surface area contributed by atoms with Crippen LogP contribution in [-0.4, -0.2) is 20.2 Å². The van der Waals surface area contributed by atoms with Crippen LogP contribution < -0.4 is 5.73 Å². The number of rotatable bonds is 2. The molecule has 3 aromatic heterocycles. The molecule has 0 saturated carbocycles. The molecule has 0 atom stereocenters. The van der Waals surface area contributed by atoms with Gasteiger partial charge in [-0.2, -0.15) is 10.4 Å². The third kappa shape index (κ3) is 2.52. The quantitative estimate of drug-likeness (QED) is 0.554. The summed E-state index contributed by atoms with van der Waals surface area (Å²) in [5.74, 6) is 0.115. The Balaban J connectivity index is 2.05. The van der Waals surface area contributed by atoms with E-state index >= 15 is 0 Å². The summed E-state index contributed by atoms with van der Waals surface area (Å²) in [5.41, 5.74) is 9.79. The standard InChI is InChI=1S/C17H11ClN6S/c1-8-2-3-25-16(8)15-14(22-12(6-19)17(20)23-15)9-4-10-7-21-24-13(10)11(18)5-9/h2-5,7H,1H3,(H2,20,23)(H,21,24). The van der Waals surface area contributed by atoms with E-state index in [2.05, 4.69) is 20.2 Å². The molecule has 0 aliphatic carbocycles. The number of hydrogen-bond acceptors (Lipinski definition) is 6. The SMILES string of the molecule is Cc1ccsc1-c1nc(N)c(C#N)nc1-c1cc(Cl)c2[nH]ncc2c1. The molecule has 6 nitrogen and oxygen atoms in total. The second-order valence-electron chi connectivity index (χ2n) is 5.49. The van der Waals surface area contributed by atoms with Crippen LogP contribution in [0.2, 0.25) is 5.02 Å². The summed E-state index contributed by atoms with van der Waals surface area (Å²) < 4.78 is 0. The van der Waals surface area contributed by atoms with Crippen LogP contribution in [0.25, 0.3) is 32.7 Å². The van der Waals surface area contributed by atoms with Crippen molar-refractivity contribution in [2.24, 2.45) is 0 Å². The summed E-state index contributed by atoms with van der Waals surface area (Å²) in [4.78, 5) is 9.88. The molecular weight excluding hydrogens is 356 g/mol. The van der Waals surface area contributed by atoms with E-state index in [4.69, 9.17) is 17.3 Å². The zero-order valence-electron chi connectivity index (χ0n) is 13.0. The summed E-state index contributed by atoms with van der Waals surface area (Å²) in [7, 11) is 0. The van der Waals surface area contributed by atoms with Crippen LogP contribution in [0.4, 0.5) is 5.82 Å². The fourth-order valence-corrected chi connectivity index (χ4v) is 3.84. The molecule has 0 unspecified atom stereocenters. The maximum atomic E-state index is 9.29. The summed E-state index contributed by atoms with van der Waals surface area (Å²) in [5, 5.41) is 19.5. The third-order valence-corrected chi connectivity index (χ3v) is 5.20. The van der Waals surface area contributed by atoms with Gasteiger partial charge >= 0.3 is 0 Å². The van der Waals surface area contributed by atoms with Crippen molar-refractivity contribution < 1.29 is 0 Å². The van der Waals surface area contributed by atoms with Crippen LogP contribution in [0.15, 0.2) is 29.8 Å². The Morgan fingerprint density at radius 2 is 2.12 bits per heavy atom. The summed E-state index contributed by atoms with van der Waals surface area (Å²) in [6.07, 6.45) is 1.69. The lowest BCUT2D eigenvalue weighted by molar-refractivity contribution is 1.12. The Kier molecular flexibility index (Phi) is 3.64. The van der Waals surface area contributed by atoms with Gasteiger partial charge in [-0.1, -0.05) is 11.6 Å². The Hall–Kier alpha value is -2.95. The van der Waals surface area contributed by atoms with Gasteiger partial charge in [0.25, 0.3) is 0 Å². The number of hydrogen-bond donors (Lipinski definition) is 2. The molecule has 3 heterocycles. The number of halogens is 1. The second-order valence-corrected chi connectivity index (χ2v) is 6.81. The minimum absolute atomic E-state index is 0.0939. The van der Waals surface area contributed by atoms with E-state index in [0.29, 0.717) is 16.4 Å². The zero-order valence-corrected chi connectivity index (χ0v) is 14.6. The number of nitrogens with one attached hydrogen (secondary N) is 1. The topological polar surface area (TPSA) is 104 Å². The van der Waals surface area contributed by atoms with Crippen molar-refractivity contribution in [3.05, 3.63) is 46.1 Å². The number of benzene rings is 1. The molecule has 8 heteroatoms. The first kappa shape index (κ1) is 15.6. The minimum atomic E-state index is 0.0939. The highest BCUT2D eigenvalue weighted by molar-refractivity contribution is 7.13. The van der Waals surface area contributed by atoms with Crippen molar-refractivity contribution in [2.75, 3.05) is 5.73 Å². The van der Waals surface area contributed by atoms with Gasteiger partial charge in [0, 0.05) is 10.9 Å². The summed E-state index contributed by atoms with van der Waals surface area (Å²) in [6.45, 7) is 2.00. The molecule has 122 valence electrons. The number of nitriles is 1. The maximum absolute atomic E-state index is 9.29. The lowest BCUT2D eigenvalue weighted by Gasteiger charge is -2.10. The molecule has 25 heavy (non-hydrogen) atoms. The van der Waals surface area contributed by atoms with Crippen LogP contribution in [0.5, 0.6) is 0 Å². The van der Waals surface area contributed by atoms with Crippen molar-refractivity contribution in [1.29, 1.82) is 5.26 Å². The summed E-state index contributed by atoms with van der Waals surface area (Å²) >= 11 is 7.91. The molecule has 0 radical (unpaired) electrons. The predicted molar refractivity (Wildman–Crippen MR) is 99.3 cm³/mol. The van der Waals surface area contributed by atoms with E-state index in [1.165, 1.54) is 0 Å². The van der Waals surface area contributed by atoms with Crippen LogP contribution in [0.3, 0.4) is 0 Å². The van der Waals surface area contributed by atoms with E-state index in [1.807, 2.05) is 30.5 Å². The average Bonchev–Trinajstić information content (AvgIpc) is 3.23. The fourth-order valence-electron chi connectivity index (χ4n) is 2.66. The minimum Gasteiger partial charge on any atom is -0.381 e.